The summed E-state index contributed by atoms with van der Waals surface area (Å²) in [4.78, 5) is 11.3. The van der Waals surface area contributed by atoms with Crippen LogP contribution in [0.5, 0.6) is 0 Å². The molecule has 0 aliphatic rings. The third-order valence-electron chi connectivity index (χ3n) is 4.35. The highest BCUT2D eigenvalue weighted by molar-refractivity contribution is 9.10. The quantitative estimate of drug-likeness (QED) is 0.149. The van der Waals surface area contributed by atoms with Crippen LogP contribution in [0.3, 0.4) is 0 Å². The van der Waals surface area contributed by atoms with Gasteiger partial charge in [0.15, 0.2) is 0 Å². The molecule has 0 unspecified atom stereocenters. The van der Waals surface area contributed by atoms with E-state index in [9.17, 15) is 4.79 Å². The highest BCUT2D eigenvalue weighted by Crippen LogP contribution is 2.16. The van der Waals surface area contributed by atoms with Gasteiger partial charge in [-0.3, -0.25) is 4.79 Å². The van der Waals surface area contributed by atoms with E-state index in [4.69, 9.17) is 4.74 Å². The van der Waals surface area contributed by atoms with E-state index in [1.807, 2.05) is 6.92 Å². The van der Waals surface area contributed by atoms with Crippen molar-refractivity contribution in [3.8, 4) is 0 Å². The van der Waals surface area contributed by atoms with Gasteiger partial charge in [0.05, 0.1) is 6.61 Å². The van der Waals surface area contributed by atoms with Crippen LogP contribution in [0, 0.1) is 0 Å². The zero-order valence-electron chi connectivity index (χ0n) is 15.6. The standard InChI is InChI=1S/C20H39BrO2/c1-3-5-6-7-8-9-10-11-12-13-14-15-16-17-18-19(21)20(22)23-4-2/h19H,3-18H2,1-2H3/t19-/m1/s1. The monoisotopic (exact) mass is 390 g/mol. The fourth-order valence-corrected chi connectivity index (χ4v) is 3.32. The molecule has 0 aromatic rings. The minimum Gasteiger partial charge on any atom is -0.465 e. The number of carbonyl (C=O) groups excluding carboxylic acids is 1. The highest BCUT2D eigenvalue weighted by Gasteiger charge is 2.14. The van der Waals surface area contributed by atoms with E-state index < -0.39 is 0 Å². The van der Waals surface area contributed by atoms with Crippen molar-refractivity contribution in [2.24, 2.45) is 0 Å². The minimum absolute atomic E-state index is 0.109. The van der Waals surface area contributed by atoms with Crippen molar-refractivity contribution in [1.82, 2.24) is 0 Å². The molecule has 1 atom stereocenters. The number of rotatable bonds is 17. The molecule has 0 N–H and O–H groups in total. The molecule has 0 aromatic carbocycles. The van der Waals surface area contributed by atoms with Gasteiger partial charge in [-0.1, -0.05) is 113 Å². The average molecular weight is 391 g/mol. The number of ether oxygens (including phenoxy) is 1. The van der Waals surface area contributed by atoms with Crippen LogP contribution in [0.4, 0.5) is 0 Å². The Hall–Kier alpha value is -0.0500. The molecule has 0 heterocycles. The van der Waals surface area contributed by atoms with E-state index >= 15 is 0 Å². The maximum Gasteiger partial charge on any atom is 0.319 e. The third kappa shape index (κ3) is 16.6. The Balaban J connectivity index is 3.14. The van der Waals surface area contributed by atoms with Crippen LogP contribution in [-0.4, -0.2) is 17.4 Å². The molecule has 2 nitrogen and oxygen atoms in total. The van der Waals surface area contributed by atoms with E-state index in [0.29, 0.717) is 6.61 Å². The van der Waals surface area contributed by atoms with Crippen molar-refractivity contribution in [3.63, 3.8) is 0 Å². The van der Waals surface area contributed by atoms with Crippen LogP contribution in [0.2, 0.25) is 0 Å². The van der Waals surface area contributed by atoms with Crippen LogP contribution >= 0.6 is 15.9 Å². The maximum absolute atomic E-state index is 11.4. The Labute approximate surface area is 153 Å². The fourth-order valence-electron chi connectivity index (χ4n) is 2.87. The van der Waals surface area contributed by atoms with Crippen LogP contribution in [-0.2, 0) is 9.53 Å². The average Bonchev–Trinajstić information content (AvgIpc) is 2.55. The number of hydrogen-bond donors (Lipinski definition) is 0. The highest BCUT2D eigenvalue weighted by atomic mass is 79.9. The first-order valence-corrected chi connectivity index (χ1v) is 10.9. The van der Waals surface area contributed by atoms with Gasteiger partial charge >= 0.3 is 5.97 Å². The van der Waals surface area contributed by atoms with Crippen molar-refractivity contribution in [3.05, 3.63) is 0 Å². The zero-order chi connectivity index (χ0) is 17.2. The Morgan fingerprint density at radius 2 is 1.13 bits per heavy atom. The molecule has 0 aliphatic carbocycles. The molecule has 3 heteroatoms. The first-order chi connectivity index (χ1) is 11.2. The molecule has 23 heavy (non-hydrogen) atoms. The zero-order valence-corrected chi connectivity index (χ0v) is 17.2. The molecule has 0 saturated heterocycles. The molecule has 0 aromatic heterocycles. The molecule has 0 saturated carbocycles. The van der Waals surface area contributed by atoms with Gasteiger partial charge < -0.3 is 4.74 Å². The summed E-state index contributed by atoms with van der Waals surface area (Å²) in [6, 6.07) is 0. The molecule has 0 bridgehead atoms. The molecular weight excluding hydrogens is 352 g/mol. The lowest BCUT2D eigenvalue weighted by atomic mass is 10.0. The van der Waals surface area contributed by atoms with E-state index in [2.05, 4.69) is 22.9 Å². The van der Waals surface area contributed by atoms with E-state index in [1.54, 1.807) is 0 Å². The topological polar surface area (TPSA) is 26.3 Å². The molecule has 0 radical (unpaired) electrons. The van der Waals surface area contributed by atoms with Crippen LogP contribution in [0.25, 0.3) is 0 Å². The number of carbonyl (C=O) groups is 1. The molecule has 138 valence electrons. The lowest BCUT2D eigenvalue weighted by molar-refractivity contribution is -0.142. The number of alkyl halides is 1. The normalized spacial score (nSPS) is 12.3. The third-order valence-corrected chi connectivity index (χ3v) is 5.19. The van der Waals surface area contributed by atoms with Crippen LogP contribution in [0.15, 0.2) is 0 Å². The number of esters is 1. The van der Waals surface area contributed by atoms with Gasteiger partial charge in [-0.2, -0.15) is 0 Å². The molecule has 0 aliphatic heterocycles. The Morgan fingerprint density at radius 1 is 0.739 bits per heavy atom. The molecule has 0 spiro atoms. The fraction of sp³-hybridized carbons (Fsp3) is 0.950. The first kappa shape index (κ1) is 22.9. The number of halogens is 1. The van der Waals surface area contributed by atoms with Gasteiger partial charge in [0.2, 0.25) is 0 Å². The van der Waals surface area contributed by atoms with E-state index in [0.717, 1.165) is 12.8 Å². The molecule has 0 rings (SSSR count). The second-order valence-corrected chi connectivity index (χ2v) is 7.71. The molecule has 0 fully saturated rings. The number of hydrogen-bond acceptors (Lipinski definition) is 2. The molecule has 0 amide bonds. The van der Waals surface area contributed by atoms with Crippen LogP contribution < -0.4 is 0 Å². The summed E-state index contributed by atoms with van der Waals surface area (Å²) in [5.74, 6) is -0.109. The maximum atomic E-state index is 11.4. The van der Waals surface area contributed by atoms with E-state index in [-0.39, 0.29) is 10.8 Å². The van der Waals surface area contributed by atoms with E-state index in [1.165, 1.54) is 83.5 Å². The van der Waals surface area contributed by atoms with Crippen LogP contribution in [0.1, 0.15) is 110 Å². The van der Waals surface area contributed by atoms with Crippen molar-refractivity contribution in [2.45, 2.75) is 115 Å². The van der Waals surface area contributed by atoms with Crippen molar-refractivity contribution in [1.29, 1.82) is 0 Å². The predicted octanol–water partition coefficient (Wildman–Crippen LogP) is 7.18. The lowest BCUT2D eigenvalue weighted by Gasteiger charge is -2.08. The summed E-state index contributed by atoms with van der Waals surface area (Å²) in [6.07, 6.45) is 20.0. The first-order valence-electron chi connectivity index (χ1n) is 10.0. The summed E-state index contributed by atoms with van der Waals surface area (Å²) in [7, 11) is 0. The van der Waals surface area contributed by atoms with Gasteiger partial charge in [0.25, 0.3) is 0 Å². The largest absolute Gasteiger partial charge is 0.465 e. The van der Waals surface area contributed by atoms with Crippen molar-refractivity contribution >= 4 is 21.9 Å². The van der Waals surface area contributed by atoms with Gasteiger partial charge in [-0.15, -0.1) is 0 Å². The summed E-state index contributed by atoms with van der Waals surface area (Å²) >= 11 is 3.41. The van der Waals surface area contributed by atoms with Gasteiger partial charge in [0, 0.05) is 0 Å². The second-order valence-electron chi connectivity index (χ2n) is 6.60. The Kier molecular flexibility index (Phi) is 18.3. The number of unbranched alkanes of at least 4 members (excludes halogenated alkanes) is 13. The second kappa shape index (κ2) is 18.3. The smallest absolute Gasteiger partial charge is 0.319 e. The summed E-state index contributed by atoms with van der Waals surface area (Å²) in [5, 5.41) is 0. The predicted molar refractivity (Wildman–Crippen MR) is 104 cm³/mol. The minimum atomic E-state index is -0.111. The van der Waals surface area contributed by atoms with Gasteiger partial charge in [-0.05, 0) is 13.3 Å². The Morgan fingerprint density at radius 3 is 1.52 bits per heavy atom. The summed E-state index contributed by atoms with van der Waals surface area (Å²) < 4.78 is 4.99. The lowest BCUT2D eigenvalue weighted by Crippen LogP contribution is -2.17. The molecular formula is C20H39BrO2. The van der Waals surface area contributed by atoms with Gasteiger partial charge in [0.1, 0.15) is 4.83 Å². The summed E-state index contributed by atoms with van der Waals surface area (Å²) in [5.41, 5.74) is 0. The summed E-state index contributed by atoms with van der Waals surface area (Å²) in [6.45, 7) is 4.60. The van der Waals surface area contributed by atoms with Gasteiger partial charge in [-0.25, -0.2) is 0 Å². The van der Waals surface area contributed by atoms with Crippen molar-refractivity contribution in [2.75, 3.05) is 6.61 Å². The Bertz CT molecular complexity index is 256. The SMILES string of the molecule is CCCCCCCCCCCCCCCC[C@@H](Br)C(=O)OCC. The van der Waals surface area contributed by atoms with Crippen molar-refractivity contribution < 1.29 is 9.53 Å².